The molecule has 5 heteroatoms. The first-order valence-electron chi connectivity index (χ1n) is 5.25. The van der Waals surface area contributed by atoms with Crippen LogP contribution in [0.2, 0.25) is 0 Å². The maximum absolute atomic E-state index is 11.3. The Balaban J connectivity index is 3.25. The van der Waals surface area contributed by atoms with Crippen LogP contribution in [-0.4, -0.2) is 25.5 Å². The summed E-state index contributed by atoms with van der Waals surface area (Å²) in [5.74, 6) is -1.04. The minimum Gasteiger partial charge on any atom is -0.353 e. The molecule has 0 heterocycles. The van der Waals surface area contributed by atoms with Gasteiger partial charge in [-0.15, -0.1) is 0 Å². The molecule has 4 nitrogen and oxygen atoms in total. The van der Waals surface area contributed by atoms with Gasteiger partial charge >= 0.3 is 5.97 Å². The van der Waals surface area contributed by atoms with Crippen molar-refractivity contribution in [2.24, 2.45) is 0 Å². The molecule has 0 aromatic rings. The molecule has 1 unspecified atom stereocenters. The van der Waals surface area contributed by atoms with E-state index in [0.717, 1.165) is 12.8 Å². The van der Waals surface area contributed by atoms with Gasteiger partial charge in [-0.2, -0.15) is 0 Å². The summed E-state index contributed by atoms with van der Waals surface area (Å²) in [6.45, 7) is 3.96. The molecule has 0 N–H and O–H groups in total. The predicted octanol–water partition coefficient (Wildman–Crippen LogP) is 2.37. The van der Waals surface area contributed by atoms with E-state index < -0.39 is 18.9 Å². The van der Waals surface area contributed by atoms with Crippen LogP contribution < -0.4 is 0 Å². The molecule has 0 saturated carbocycles. The van der Waals surface area contributed by atoms with Crippen LogP contribution >= 0.6 is 0 Å². The first-order valence-corrected chi connectivity index (χ1v) is 5.25. The average Bonchev–Trinajstić information content (AvgIpc) is 2.25. The highest BCUT2D eigenvalue weighted by molar-refractivity contribution is 5.69. The first kappa shape index (κ1) is 14.3. The van der Waals surface area contributed by atoms with Gasteiger partial charge in [0.1, 0.15) is 0 Å². The van der Waals surface area contributed by atoms with E-state index in [1.54, 1.807) is 6.92 Å². The smallest absolute Gasteiger partial charge is 0.353 e. The second-order valence-electron chi connectivity index (χ2n) is 3.26. The molecule has 0 aromatic heterocycles. The normalized spacial score (nSPS) is 12.5. The van der Waals surface area contributed by atoms with Crippen LogP contribution in [0.25, 0.3) is 0 Å². The highest BCUT2D eigenvalue weighted by Crippen LogP contribution is 2.01. The zero-order valence-corrected chi connectivity index (χ0v) is 9.33. The Morgan fingerprint density at radius 1 is 1.27 bits per heavy atom. The van der Waals surface area contributed by atoms with Gasteiger partial charge in [-0.05, 0) is 13.3 Å². The molecule has 0 bridgehead atoms. The topological polar surface area (TPSA) is 44.8 Å². The molecule has 90 valence electrons. The third-order valence-electron chi connectivity index (χ3n) is 1.87. The molecule has 0 aromatic carbocycles. The fourth-order valence-electron chi connectivity index (χ4n) is 1.03. The molecule has 0 radical (unpaired) electrons. The van der Waals surface area contributed by atoms with Gasteiger partial charge in [0.15, 0.2) is 12.9 Å². The number of halogens is 1. The van der Waals surface area contributed by atoms with Crippen LogP contribution in [0.3, 0.4) is 0 Å². The Kier molecular flexibility index (Phi) is 9.41. The van der Waals surface area contributed by atoms with Crippen molar-refractivity contribution < 1.29 is 23.7 Å². The highest BCUT2D eigenvalue weighted by atomic mass is 19.3. The van der Waals surface area contributed by atoms with Crippen LogP contribution in [0.5, 0.6) is 0 Å². The van der Waals surface area contributed by atoms with E-state index in [0.29, 0.717) is 6.61 Å². The van der Waals surface area contributed by atoms with Gasteiger partial charge in [-0.3, -0.25) is 4.94 Å². The molecule has 15 heavy (non-hydrogen) atoms. The molecular formula is C10H19FO4. The third kappa shape index (κ3) is 9.62. The van der Waals surface area contributed by atoms with Crippen molar-refractivity contribution in [3.8, 4) is 0 Å². The quantitative estimate of drug-likeness (QED) is 0.444. The van der Waals surface area contributed by atoms with Crippen molar-refractivity contribution in [1.29, 1.82) is 0 Å². The van der Waals surface area contributed by atoms with Crippen LogP contribution in [0.1, 0.15) is 39.5 Å². The lowest BCUT2D eigenvalue weighted by atomic mass is 10.2. The van der Waals surface area contributed by atoms with Crippen LogP contribution in [0, 0.1) is 0 Å². The van der Waals surface area contributed by atoms with Crippen molar-refractivity contribution in [2.45, 2.75) is 45.8 Å². The minimum absolute atomic E-state index is 0.424. The number of hydrogen-bond acceptors (Lipinski definition) is 4. The zero-order chi connectivity index (χ0) is 11.5. The Morgan fingerprint density at radius 2 is 2.00 bits per heavy atom. The Morgan fingerprint density at radius 3 is 2.60 bits per heavy atom. The Bertz CT molecular complexity index is 164. The fraction of sp³-hybridized carbons (Fsp3) is 0.900. The molecule has 0 spiro atoms. The minimum atomic E-state index is -1.04. The van der Waals surface area contributed by atoms with Gasteiger partial charge < -0.3 is 9.47 Å². The Hall–Kier alpha value is -0.680. The maximum atomic E-state index is 11.3. The highest BCUT2D eigenvalue weighted by Gasteiger charge is 2.07. The lowest BCUT2D eigenvalue weighted by Crippen LogP contribution is -2.19. The molecule has 0 aliphatic carbocycles. The molecule has 1 atom stereocenters. The largest absolute Gasteiger partial charge is 0.374 e. The van der Waals surface area contributed by atoms with E-state index in [2.05, 4.69) is 11.9 Å². The predicted molar refractivity (Wildman–Crippen MR) is 52.7 cm³/mol. The van der Waals surface area contributed by atoms with E-state index in [1.807, 2.05) is 0 Å². The van der Waals surface area contributed by atoms with Gasteiger partial charge in [0, 0.05) is 11.1 Å². The van der Waals surface area contributed by atoms with Crippen molar-refractivity contribution in [3.63, 3.8) is 0 Å². The van der Waals surface area contributed by atoms with E-state index >= 15 is 0 Å². The number of rotatable bonds is 9. The van der Waals surface area contributed by atoms with Crippen LogP contribution in [0.15, 0.2) is 0 Å². The number of ether oxygens (including phenoxy) is 2. The molecule has 0 fully saturated rings. The van der Waals surface area contributed by atoms with Crippen LogP contribution in [-0.2, 0) is 19.2 Å². The number of unbranched alkanes of at least 4 members (excludes halogenated alkanes) is 3. The molecule has 0 saturated heterocycles. The average molecular weight is 222 g/mol. The second-order valence-corrected chi connectivity index (χ2v) is 3.26. The zero-order valence-electron chi connectivity index (χ0n) is 9.33. The summed E-state index contributed by atoms with van der Waals surface area (Å²) in [5.41, 5.74) is 0. The van der Waals surface area contributed by atoms with Crippen molar-refractivity contribution in [2.75, 3.05) is 13.2 Å². The van der Waals surface area contributed by atoms with Gasteiger partial charge in [0.05, 0.1) is 0 Å². The first-order chi connectivity index (χ1) is 7.20. The lowest BCUT2D eigenvalue weighted by Gasteiger charge is -2.12. The second kappa shape index (κ2) is 9.86. The van der Waals surface area contributed by atoms with Gasteiger partial charge in [-0.1, -0.05) is 26.2 Å². The molecule has 0 aliphatic heterocycles. The lowest BCUT2D eigenvalue weighted by molar-refractivity contribution is -0.200. The van der Waals surface area contributed by atoms with E-state index in [4.69, 9.17) is 9.47 Å². The molecule has 0 amide bonds. The fourth-order valence-corrected chi connectivity index (χ4v) is 1.03. The van der Waals surface area contributed by atoms with E-state index in [1.165, 1.54) is 12.8 Å². The molecule has 0 aliphatic rings. The number of hydrogen-bond donors (Lipinski definition) is 0. The summed E-state index contributed by atoms with van der Waals surface area (Å²) in [5, 5.41) is 0. The summed E-state index contributed by atoms with van der Waals surface area (Å²) in [7, 11) is 0. The molecule has 0 rings (SSSR count). The van der Waals surface area contributed by atoms with E-state index in [9.17, 15) is 9.32 Å². The number of carbonyl (C=O) groups excluding carboxylic acids is 1. The Labute approximate surface area is 89.6 Å². The number of carbonyl (C=O) groups is 1. The van der Waals surface area contributed by atoms with Crippen molar-refractivity contribution >= 4 is 5.97 Å². The van der Waals surface area contributed by atoms with Gasteiger partial charge in [-0.25, -0.2) is 4.79 Å². The van der Waals surface area contributed by atoms with Gasteiger partial charge in [0.25, 0.3) is 0 Å². The summed E-state index contributed by atoms with van der Waals surface area (Å²) in [6.07, 6.45) is 3.94. The maximum Gasteiger partial charge on any atom is 0.374 e. The monoisotopic (exact) mass is 222 g/mol. The van der Waals surface area contributed by atoms with Crippen molar-refractivity contribution in [1.82, 2.24) is 0 Å². The summed E-state index contributed by atoms with van der Waals surface area (Å²) in [4.78, 5) is 13.3. The van der Waals surface area contributed by atoms with Crippen LogP contribution in [0.4, 0.5) is 4.53 Å². The standard InChI is InChI=1S/C10H19FO4/c1-3-4-5-6-7-13-9(2)14-8-10(12)15-11/h9H,3-8H2,1-2H3. The van der Waals surface area contributed by atoms with E-state index in [-0.39, 0.29) is 0 Å². The molecular weight excluding hydrogens is 203 g/mol. The SMILES string of the molecule is CCCCCCOC(C)OCC(=O)OF. The van der Waals surface area contributed by atoms with Crippen molar-refractivity contribution in [3.05, 3.63) is 0 Å². The summed E-state index contributed by atoms with van der Waals surface area (Å²) < 4.78 is 21.4. The summed E-state index contributed by atoms with van der Waals surface area (Å²) >= 11 is 0. The van der Waals surface area contributed by atoms with Gasteiger partial charge in [0.2, 0.25) is 0 Å². The third-order valence-corrected chi connectivity index (χ3v) is 1.87. The summed E-state index contributed by atoms with van der Waals surface area (Å²) in [6, 6.07) is 0.